The first-order valence-corrected chi connectivity index (χ1v) is 9.14. The fraction of sp³-hybridized carbons (Fsp3) is 0.941. The largest absolute Gasteiger partial charge is 0.408 e. The highest BCUT2D eigenvalue weighted by Gasteiger charge is 2.60. The highest BCUT2D eigenvalue weighted by atomic mass is 19.4. The standard InChI is InChI=1S/C17H25F3N2O2/c18-17(19,20)15(6-11-2-1-3-24-11)22-16(23)21-8-10-4-9-5-12(10)14-7-13(9)14/h9-15H,1-8H2,(H2,21,22,23). The zero-order valence-electron chi connectivity index (χ0n) is 13.6. The van der Waals surface area contributed by atoms with Crippen molar-refractivity contribution in [2.75, 3.05) is 13.2 Å². The zero-order valence-corrected chi connectivity index (χ0v) is 13.6. The van der Waals surface area contributed by atoms with Gasteiger partial charge >= 0.3 is 12.2 Å². The summed E-state index contributed by atoms with van der Waals surface area (Å²) in [6.07, 6.45) is 0.0750. The molecule has 3 aliphatic carbocycles. The lowest BCUT2D eigenvalue weighted by Gasteiger charge is -2.26. The minimum atomic E-state index is -4.45. The van der Waals surface area contributed by atoms with E-state index in [1.807, 2.05) is 0 Å². The average Bonchev–Trinajstić information content (AvgIpc) is 2.87. The summed E-state index contributed by atoms with van der Waals surface area (Å²) in [5.74, 6) is 3.69. The maximum absolute atomic E-state index is 13.2. The van der Waals surface area contributed by atoms with E-state index < -0.39 is 24.4 Å². The van der Waals surface area contributed by atoms with Gasteiger partial charge in [0.1, 0.15) is 6.04 Å². The van der Waals surface area contributed by atoms with E-state index in [4.69, 9.17) is 4.74 Å². The van der Waals surface area contributed by atoms with Crippen LogP contribution in [0.25, 0.3) is 0 Å². The second kappa shape index (κ2) is 6.07. The lowest BCUT2D eigenvalue weighted by atomic mass is 9.89. The highest BCUT2D eigenvalue weighted by Crippen LogP contribution is 2.67. The van der Waals surface area contributed by atoms with E-state index in [1.165, 1.54) is 12.8 Å². The molecule has 0 spiro atoms. The summed E-state index contributed by atoms with van der Waals surface area (Å²) in [7, 11) is 0. The van der Waals surface area contributed by atoms with E-state index in [0.29, 0.717) is 31.4 Å². The summed E-state index contributed by atoms with van der Waals surface area (Å²) in [5, 5.41) is 4.80. The molecule has 136 valence electrons. The summed E-state index contributed by atoms with van der Waals surface area (Å²) < 4.78 is 44.7. The minimum absolute atomic E-state index is 0.200. The Hall–Kier alpha value is -0.980. The number of fused-ring (bicyclic) bond motifs is 5. The molecule has 0 radical (unpaired) electrons. The van der Waals surface area contributed by atoms with Crippen LogP contribution < -0.4 is 10.6 Å². The van der Waals surface area contributed by atoms with Gasteiger partial charge in [-0.2, -0.15) is 13.2 Å². The van der Waals surface area contributed by atoms with Crippen LogP contribution in [0.2, 0.25) is 0 Å². The minimum Gasteiger partial charge on any atom is -0.378 e. The van der Waals surface area contributed by atoms with Gasteiger partial charge in [-0.1, -0.05) is 0 Å². The molecule has 7 unspecified atom stereocenters. The molecule has 1 aliphatic heterocycles. The van der Waals surface area contributed by atoms with Crippen LogP contribution in [-0.4, -0.2) is 37.5 Å². The number of nitrogens with one attached hydrogen (secondary N) is 2. The van der Waals surface area contributed by atoms with Crippen molar-refractivity contribution in [2.45, 2.75) is 56.8 Å². The van der Waals surface area contributed by atoms with Crippen molar-refractivity contribution < 1.29 is 22.7 Å². The Morgan fingerprint density at radius 1 is 1.17 bits per heavy atom. The molecule has 1 heterocycles. The quantitative estimate of drug-likeness (QED) is 0.804. The van der Waals surface area contributed by atoms with Gasteiger partial charge in [0.15, 0.2) is 0 Å². The fourth-order valence-corrected chi connectivity index (χ4v) is 5.38. The summed E-state index contributed by atoms with van der Waals surface area (Å²) in [4.78, 5) is 12.0. The van der Waals surface area contributed by atoms with Crippen molar-refractivity contribution in [3.8, 4) is 0 Å². The Morgan fingerprint density at radius 2 is 2.00 bits per heavy atom. The highest BCUT2D eigenvalue weighted by molar-refractivity contribution is 5.74. The van der Waals surface area contributed by atoms with Crippen molar-refractivity contribution in [3.05, 3.63) is 0 Å². The van der Waals surface area contributed by atoms with Gasteiger partial charge in [-0.25, -0.2) is 4.79 Å². The Bertz CT molecular complexity index is 493. The number of ether oxygens (including phenoxy) is 1. The van der Waals surface area contributed by atoms with Gasteiger partial charge in [-0.05, 0) is 61.7 Å². The first-order valence-electron chi connectivity index (χ1n) is 9.14. The normalized spacial score (nSPS) is 41.1. The predicted octanol–water partition coefficient (Wildman–Crippen LogP) is 3.08. The third-order valence-electron chi connectivity index (χ3n) is 6.58. The van der Waals surface area contributed by atoms with Crippen molar-refractivity contribution in [2.24, 2.45) is 29.6 Å². The van der Waals surface area contributed by atoms with Gasteiger partial charge in [-0.15, -0.1) is 0 Å². The Labute approximate surface area is 139 Å². The number of carbonyl (C=O) groups excluding carboxylic acids is 1. The molecule has 0 aromatic heterocycles. The molecule has 4 fully saturated rings. The van der Waals surface area contributed by atoms with Crippen LogP contribution >= 0.6 is 0 Å². The third kappa shape index (κ3) is 3.24. The first-order chi connectivity index (χ1) is 11.4. The summed E-state index contributed by atoms with van der Waals surface area (Å²) in [6, 6.07) is -2.54. The number of alkyl halides is 3. The lowest BCUT2D eigenvalue weighted by molar-refractivity contribution is -0.159. The van der Waals surface area contributed by atoms with Gasteiger partial charge in [0.25, 0.3) is 0 Å². The van der Waals surface area contributed by atoms with Gasteiger partial charge in [0, 0.05) is 19.6 Å². The first kappa shape index (κ1) is 16.5. The zero-order chi connectivity index (χ0) is 16.9. The van der Waals surface area contributed by atoms with Crippen molar-refractivity contribution in [1.29, 1.82) is 0 Å². The number of halogens is 3. The molecule has 7 heteroatoms. The van der Waals surface area contributed by atoms with Crippen molar-refractivity contribution in [1.82, 2.24) is 10.6 Å². The molecule has 0 aromatic rings. The van der Waals surface area contributed by atoms with E-state index in [1.54, 1.807) is 0 Å². The van der Waals surface area contributed by atoms with Gasteiger partial charge in [-0.3, -0.25) is 0 Å². The molecule has 2 amide bonds. The number of rotatable bonds is 5. The second-order valence-electron chi connectivity index (χ2n) is 8.04. The molecule has 2 N–H and O–H groups in total. The summed E-state index contributed by atoms with van der Waals surface area (Å²) >= 11 is 0. The molecule has 4 rings (SSSR count). The molecule has 3 saturated carbocycles. The molecular weight excluding hydrogens is 321 g/mol. The number of hydrogen-bond donors (Lipinski definition) is 2. The van der Waals surface area contributed by atoms with Gasteiger partial charge in [0.05, 0.1) is 6.10 Å². The Kier molecular flexibility index (Phi) is 4.17. The molecule has 4 nitrogen and oxygen atoms in total. The molecule has 0 aromatic carbocycles. The van der Waals surface area contributed by atoms with E-state index >= 15 is 0 Å². The van der Waals surface area contributed by atoms with Crippen LogP contribution in [0.1, 0.15) is 38.5 Å². The second-order valence-corrected chi connectivity index (χ2v) is 8.04. The summed E-state index contributed by atoms with van der Waals surface area (Å²) in [5.41, 5.74) is 0. The molecule has 2 bridgehead atoms. The molecule has 1 saturated heterocycles. The monoisotopic (exact) mass is 346 g/mol. The van der Waals surface area contributed by atoms with E-state index in [9.17, 15) is 18.0 Å². The van der Waals surface area contributed by atoms with Gasteiger partial charge in [0.2, 0.25) is 0 Å². The van der Waals surface area contributed by atoms with Crippen LogP contribution in [0.4, 0.5) is 18.0 Å². The number of carbonyl (C=O) groups is 1. The fourth-order valence-electron chi connectivity index (χ4n) is 5.38. The van der Waals surface area contributed by atoms with Gasteiger partial charge < -0.3 is 15.4 Å². The predicted molar refractivity (Wildman–Crippen MR) is 81.3 cm³/mol. The molecule has 24 heavy (non-hydrogen) atoms. The maximum atomic E-state index is 13.2. The maximum Gasteiger partial charge on any atom is 0.408 e. The molecule has 7 atom stereocenters. The molecule has 4 aliphatic rings. The van der Waals surface area contributed by atoms with Crippen LogP contribution in [0.5, 0.6) is 0 Å². The van der Waals surface area contributed by atoms with Crippen molar-refractivity contribution >= 4 is 6.03 Å². The number of hydrogen-bond acceptors (Lipinski definition) is 2. The molecular formula is C17H25F3N2O2. The van der Waals surface area contributed by atoms with Crippen LogP contribution in [0.3, 0.4) is 0 Å². The SMILES string of the molecule is O=C(NCC1CC2CC1C1CC21)NC(CC1CCCO1)C(F)(F)F. The summed E-state index contributed by atoms with van der Waals surface area (Å²) in [6.45, 7) is 1.01. The van der Waals surface area contributed by atoms with Crippen LogP contribution in [0, 0.1) is 29.6 Å². The van der Waals surface area contributed by atoms with Crippen molar-refractivity contribution in [3.63, 3.8) is 0 Å². The van der Waals surface area contributed by atoms with E-state index in [-0.39, 0.29) is 6.42 Å². The Balaban J connectivity index is 1.25. The third-order valence-corrected chi connectivity index (χ3v) is 6.58. The van der Waals surface area contributed by atoms with E-state index in [0.717, 1.165) is 30.6 Å². The van der Waals surface area contributed by atoms with Crippen LogP contribution in [-0.2, 0) is 4.74 Å². The smallest absolute Gasteiger partial charge is 0.378 e. The topological polar surface area (TPSA) is 50.4 Å². The number of amides is 2. The average molecular weight is 346 g/mol. The van der Waals surface area contributed by atoms with E-state index in [2.05, 4.69) is 10.6 Å². The number of urea groups is 1. The van der Waals surface area contributed by atoms with Crippen LogP contribution in [0.15, 0.2) is 0 Å². The lowest BCUT2D eigenvalue weighted by Crippen LogP contribution is -2.51. The Morgan fingerprint density at radius 3 is 2.62 bits per heavy atom.